The molecule has 0 saturated heterocycles. The molecule has 2 aromatic rings. The molecule has 1 fully saturated rings. The van der Waals surface area contributed by atoms with Gasteiger partial charge in [0.2, 0.25) is 5.91 Å². The number of carbonyl (C=O) groups is 1. The molecule has 124 valence electrons. The monoisotopic (exact) mass is 338 g/mol. The number of thioether (sulfide) groups is 1. The van der Waals surface area contributed by atoms with E-state index in [1.54, 1.807) is 11.8 Å². The Morgan fingerprint density at radius 3 is 2.75 bits per heavy atom. The van der Waals surface area contributed by atoms with Gasteiger partial charge >= 0.3 is 0 Å². The summed E-state index contributed by atoms with van der Waals surface area (Å²) in [4.78, 5) is 17.9. The molecule has 1 amide bonds. The highest BCUT2D eigenvalue weighted by molar-refractivity contribution is 8.10. The van der Waals surface area contributed by atoms with Crippen LogP contribution in [0.4, 0.5) is 5.69 Å². The molecule has 24 heavy (non-hydrogen) atoms. The number of nitrogens with zero attached hydrogens (tertiary/aromatic N) is 1. The Balaban J connectivity index is 1.92. The first-order valence-corrected chi connectivity index (χ1v) is 9.17. The van der Waals surface area contributed by atoms with Gasteiger partial charge < -0.3 is 5.32 Å². The summed E-state index contributed by atoms with van der Waals surface area (Å²) in [5.74, 6) is 0.346. The van der Waals surface area contributed by atoms with E-state index in [4.69, 9.17) is 4.98 Å². The summed E-state index contributed by atoms with van der Waals surface area (Å²) in [6.45, 7) is 6.13. The van der Waals surface area contributed by atoms with Crippen LogP contribution in [0, 0.1) is 12.8 Å². The number of benzene rings is 1. The quantitative estimate of drug-likeness (QED) is 0.780. The van der Waals surface area contributed by atoms with Crippen LogP contribution in [0.25, 0.3) is 15.8 Å². The van der Waals surface area contributed by atoms with Crippen molar-refractivity contribution in [3.8, 4) is 0 Å². The van der Waals surface area contributed by atoms with Gasteiger partial charge in [0.25, 0.3) is 0 Å². The lowest BCUT2D eigenvalue weighted by atomic mass is 10.1. The molecular weight excluding hydrogens is 316 g/mol. The van der Waals surface area contributed by atoms with Gasteiger partial charge in [-0.15, -0.1) is 0 Å². The molecule has 1 aliphatic rings. The van der Waals surface area contributed by atoms with Crippen LogP contribution in [0.2, 0.25) is 0 Å². The predicted molar refractivity (Wildman–Crippen MR) is 104 cm³/mol. The van der Waals surface area contributed by atoms with E-state index >= 15 is 0 Å². The molecule has 1 heterocycles. The fraction of sp³-hybridized carbons (Fsp3) is 0.300. The molecule has 1 aliphatic carbocycles. The van der Waals surface area contributed by atoms with E-state index in [2.05, 4.69) is 29.8 Å². The van der Waals surface area contributed by atoms with Crippen molar-refractivity contribution in [3.05, 3.63) is 53.1 Å². The number of amides is 1. The smallest absolute Gasteiger partial charge is 0.227 e. The first kappa shape index (κ1) is 16.8. The number of anilines is 1. The first-order chi connectivity index (χ1) is 11.6. The van der Waals surface area contributed by atoms with Gasteiger partial charge in [-0.25, -0.2) is 4.98 Å². The number of pyridine rings is 1. The lowest BCUT2D eigenvalue weighted by Gasteiger charge is -2.10. The predicted octanol–water partition coefficient (Wildman–Crippen LogP) is 5.52. The zero-order valence-electron chi connectivity index (χ0n) is 14.3. The minimum atomic E-state index is 0.135. The second-order valence-electron chi connectivity index (χ2n) is 6.06. The summed E-state index contributed by atoms with van der Waals surface area (Å²) in [5.41, 5.74) is 3.96. The first-order valence-electron chi connectivity index (χ1n) is 8.29. The van der Waals surface area contributed by atoms with Gasteiger partial charge in [0.05, 0.1) is 11.2 Å². The molecule has 0 unspecified atom stereocenters. The van der Waals surface area contributed by atoms with Gasteiger partial charge in [-0.1, -0.05) is 23.9 Å². The van der Waals surface area contributed by atoms with Gasteiger partial charge in [-0.2, -0.15) is 0 Å². The normalized spacial score (nSPS) is 15.2. The molecular formula is C20H22N2OS. The van der Waals surface area contributed by atoms with E-state index in [-0.39, 0.29) is 11.8 Å². The van der Waals surface area contributed by atoms with Crippen molar-refractivity contribution in [1.29, 1.82) is 0 Å². The second kappa shape index (κ2) is 7.22. The van der Waals surface area contributed by atoms with Crippen LogP contribution >= 0.6 is 11.8 Å². The molecule has 3 rings (SSSR count). The lowest BCUT2D eigenvalue weighted by Crippen LogP contribution is -2.13. The Hall–Kier alpha value is -2.07. The van der Waals surface area contributed by atoms with Crippen molar-refractivity contribution in [3.63, 3.8) is 0 Å². The summed E-state index contributed by atoms with van der Waals surface area (Å²) in [6.07, 6.45) is 6.14. The van der Waals surface area contributed by atoms with E-state index in [0.717, 1.165) is 45.6 Å². The Labute approximate surface area is 147 Å². The Kier molecular flexibility index (Phi) is 5.05. The number of aromatic nitrogens is 1. The van der Waals surface area contributed by atoms with E-state index in [9.17, 15) is 4.79 Å². The topological polar surface area (TPSA) is 42.0 Å². The molecule has 0 bridgehead atoms. The number of rotatable bonds is 5. The van der Waals surface area contributed by atoms with Gasteiger partial charge in [0.1, 0.15) is 0 Å². The van der Waals surface area contributed by atoms with Crippen molar-refractivity contribution in [2.45, 2.75) is 33.6 Å². The van der Waals surface area contributed by atoms with E-state index in [1.165, 1.54) is 0 Å². The average Bonchev–Trinajstić information content (AvgIpc) is 3.41. The summed E-state index contributed by atoms with van der Waals surface area (Å²) in [5, 5.41) is 6.15. The van der Waals surface area contributed by atoms with Crippen LogP contribution in [0.3, 0.4) is 0 Å². The van der Waals surface area contributed by atoms with Crippen LogP contribution in [0.1, 0.15) is 37.9 Å². The molecule has 1 saturated carbocycles. The molecule has 0 spiro atoms. The standard InChI is InChI=1S/C20H22N2OS/c1-4-10-24-19(5-2)18-11-13(3)16-12-15(8-9-17(16)22-18)21-20(23)14-6-7-14/h4-5,8-12,14H,6-7H2,1-3H3,(H,21,23)/b10-4-,19-5-. The maximum atomic E-state index is 11.9. The van der Waals surface area contributed by atoms with Crippen LogP contribution in [0.5, 0.6) is 0 Å². The number of hydrogen-bond acceptors (Lipinski definition) is 3. The molecule has 1 N–H and O–H groups in total. The summed E-state index contributed by atoms with van der Waals surface area (Å²) >= 11 is 1.67. The van der Waals surface area contributed by atoms with E-state index in [1.807, 2.05) is 38.1 Å². The number of nitrogens with one attached hydrogen (secondary N) is 1. The fourth-order valence-corrected chi connectivity index (χ4v) is 3.25. The highest BCUT2D eigenvalue weighted by Crippen LogP contribution is 2.32. The molecule has 0 atom stereocenters. The van der Waals surface area contributed by atoms with Crippen molar-refractivity contribution in [1.82, 2.24) is 4.98 Å². The van der Waals surface area contributed by atoms with Crippen LogP contribution in [0.15, 0.2) is 41.8 Å². The fourth-order valence-electron chi connectivity index (χ4n) is 2.61. The maximum Gasteiger partial charge on any atom is 0.227 e. The number of carbonyl (C=O) groups excluding carboxylic acids is 1. The Morgan fingerprint density at radius 2 is 2.08 bits per heavy atom. The third-order valence-electron chi connectivity index (χ3n) is 4.08. The molecule has 1 aromatic carbocycles. The number of allylic oxidation sites excluding steroid dienone is 2. The average molecular weight is 338 g/mol. The minimum Gasteiger partial charge on any atom is -0.326 e. The van der Waals surface area contributed by atoms with E-state index in [0.29, 0.717) is 0 Å². The molecule has 3 nitrogen and oxygen atoms in total. The third-order valence-corrected chi connectivity index (χ3v) is 5.18. The Bertz CT molecular complexity index is 835. The number of hydrogen-bond donors (Lipinski definition) is 1. The SMILES string of the molecule is C/C=C\S/C(=C\C)c1cc(C)c2cc(NC(=O)C3CC3)ccc2n1. The Morgan fingerprint density at radius 1 is 1.29 bits per heavy atom. The van der Waals surface area contributed by atoms with Gasteiger partial charge in [-0.05, 0) is 68.8 Å². The van der Waals surface area contributed by atoms with Crippen molar-refractivity contribution in [2.24, 2.45) is 5.92 Å². The van der Waals surface area contributed by atoms with Crippen molar-refractivity contribution < 1.29 is 4.79 Å². The molecule has 4 heteroatoms. The van der Waals surface area contributed by atoms with Gasteiger partial charge in [-0.3, -0.25) is 4.79 Å². The highest BCUT2D eigenvalue weighted by Gasteiger charge is 2.29. The molecule has 0 aliphatic heterocycles. The summed E-state index contributed by atoms with van der Waals surface area (Å²) in [7, 11) is 0. The van der Waals surface area contributed by atoms with Crippen molar-refractivity contribution >= 4 is 39.2 Å². The molecule has 0 radical (unpaired) electrons. The number of aryl methyl sites for hydroxylation is 1. The minimum absolute atomic E-state index is 0.135. The zero-order chi connectivity index (χ0) is 17.1. The highest BCUT2D eigenvalue weighted by atomic mass is 32.2. The van der Waals surface area contributed by atoms with Crippen LogP contribution < -0.4 is 5.32 Å². The largest absolute Gasteiger partial charge is 0.326 e. The summed E-state index contributed by atoms with van der Waals surface area (Å²) < 4.78 is 0. The summed E-state index contributed by atoms with van der Waals surface area (Å²) in [6, 6.07) is 8.06. The van der Waals surface area contributed by atoms with Crippen molar-refractivity contribution in [2.75, 3.05) is 5.32 Å². The molecule has 1 aromatic heterocycles. The van der Waals surface area contributed by atoms with E-state index < -0.39 is 0 Å². The number of fused-ring (bicyclic) bond motifs is 1. The maximum absolute atomic E-state index is 11.9. The van der Waals surface area contributed by atoms with Crippen LogP contribution in [-0.4, -0.2) is 10.9 Å². The second-order valence-corrected chi connectivity index (χ2v) is 7.01. The van der Waals surface area contributed by atoms with Crippen LogP contribution in [-0.2, 0) is 4.79 Å². The third kappa shape index (κ3) is 3.70. The zero-order valence-corrected chi connectivity index (χ0v) is 15.1. The lowest BCUT2D eigenvalue weighted by molar-refractivity contribution is -0.117. The van der Waals surface area contributed by atoms with Gasteiger partial charge in [0, 0.05) is 21.9 Å². The van der Waals surface area contributed by atoms with Gasteiger partial charge in [0.15, 0.2) is 0 Å².